The smallest absolute Gasteiger partial charge is 0.194 e. The Morgan fingerprint density at radius 2 is 2.11 bits per heavy atom. The van der Waals surface area contributed by atoms with E-state index in [1.54, 1.807) is 11.3 Å². The molecule has 0 aromatic carbocycles. The molecule has 0 radical (unpaired) electrons. The summed E-state index contributed by atoms with van der Waals surface area (Å²) in [6.45, 7) is 11.1. The highest BCUT2D eigenvalue weighted by molar-refractivity contribution is 14.0. The van der Waals surface area contributed by atoms with Gasteiger partial charge in [0.1, 0.15) is 0 Å². The van der Waals surface area contributed by atoms with Gasteiger partial charge in [0.15, 0.2) is 5.96 Å². The van der Waals surface area contributed by atoms with E-state index in [1.807, 2.05) is 7.05 Å². The predicted octanol–water partition coefficient (Wildman–Crippen LogP) is 3.56. The van der Waals surface area contributed by atoms with Crippen LogP contribution in [0.5, 0.6) is 0 Å². The van der Waals surface area contributed by atoms with Crippen molar-refractivity contribution in [3.05, 3.63) is 22.4 Å². The zero-order valence-electron chi connectivity index (χ0n) is 12.4. The number of guanidine groups is 1. The lowest BCUT2D eigenvalue weighted by Gasteiger charge is -2.62. The fourth-order valence-corrected chi connectivity index (χ4v) is 2.92. The molecular weight excluding hydrogens is 369 g/mol. The number of aliphatic imine (C=N–C) groups is 1. The van der Waals surface area contributed by atoms with Crippen molar-refractivity contribution < 1.29 is 0 Å². The molecular formula is C14H24IN3S. The van der Waals surface area contributed by atoms with Crippen LogP contribution in [0.25, 0.3) is 0 Å². The van der Waals surface area contributed by atoms with Crippen molar-refractivity contribution in [2.75, 3.05) is 13.6 Å². The lowest BCUT2D eigenvalue weighted by atomic mass is 9.65. The van der Waals surface area contributed by atoms with Gasteiger partial charge < -0.3 is 10.2 Å². The Kier molecular flexibility index (Phi) is 5.28. The maximum Gasteiger partial charge on any atom is 0.194 e. The molecule has 108 valence electrons. The van der Waals surface area contributed by atoms with Crippen molar-refractivity contribution in [3.8, 4) is 0 Å². The van der Waals surface area contributed by atoms with Crippen molar-refractivity contribution in [2.45, 2.75) is 39.8 Å². The summed E-state index contributed by atoms with van der Waals surface area (Å²) in [4.78, 5) is 8.11. The molecule has 1 saturated heterocycles. The first kappa shape index (κ1) is 16.8. The fourth-order valence-electron chi connectivity index (χ4n) is 2.27. The van der Waals surface area contributed by atoms with Crippen LogP contribution in [0.3, 0.4) is 0 Å². The molecule has 1 N–H and O–H groups in total. The number of rotatable bonds is 2. The van der Waals surface area contributed by atoms with Gasteiger partial charge in [-0.05, 0) is 25.3 Å². The van der Waals surface area contributed by atoms with Crippen molar-refractivity contribution >= 4 is 41.3 Å². The Balaban J connectivity index is 0.00000180. The van der Waals surface area contributed by atoms with Gasteiger partial charge in [-0.2, -0.15) is 0 Å². The van der Waals surface area contributed by atoms with E-state index < -0.39 is 0 Å². The van der Waals surface area contributed by atoms with Crippen LogP contribution >= 0.6 is 35.3 Å². The van der Waals surface area contributed by atoms with Crippen LogP contribution in [0.2, 0.25) is 0 Å². The van der Waals surface area contributed by atoms with Gasteiger partial charge in [-0.3, -0.25) is 4.99 Å². The van der Waals surface area contributed by atoms with Crippen LogP contribution in [-0.4, -0.2) is 30.0 Å². The number of likely N-dealkylation sites (tertiary alicyclic amines) is 1. The topological polar surface area (TPSA) is 27.6 Å². The van der Waals surface area contributed by atoms with Gasteiger partial charge in [-0.15, -0.1) is 35.3 Å². The third-order valence-electron chi connectivity index (χ3n) is 4.35. The molecule has 0 spiro atoms. The molecule has 1 aromatic rings. The van der Waals surface area contributed by atoms with Gasteiger partial charge in [-0.25, -0.2) is 0 Å². The van der Waals surface area contributed by atoms with Crippen molar-refractivity contribution in [1.82, 2.24) is 10.2 Å². The molecule has 0 bridgehead atoms. The molecule has 5 heteroatoms. The van der Waals surface area contributed by atoms with Crippen molar-refractivity contribution in [3.63, 3.8) is 0 Å². The van der Waals surface area contributed by atoms with Gasteiger partial charge in [0.05, 0.1) is 6.54 Å². The number of nitrogens with one attached hydrogen (secondary N) is 1. The van der Waals surface area contributed by atoms with Gasteiger partial charge in [-0.1, -0.05) is 19.9 Å². The highest BCUT2D eigenvalue weighted by Gasteiger charge is 2.53. The first-order valence-corrected chi connectivity index (χ1v) is 7.27. The molecule has 1 aliphatic heterocycles. The molecule has 19 heavy (non-hydrogen) atoms. The second-order valence-electron chi connectivity index (χ2n) is 6.01. The van der Waals surface area contributed by atoms with Gasteiger partial charge in [0, 0.05) is 29.4 Å². The third kappa shape index (κ3) is 3.07. The zero-order chi connectivity index (χ0) is 13.4. The molecule has 0 aliphatic carbocycles. The Bertz CT molecular complexity index is 438. The average Bonchev–Trinajstić information content (AvgIpc) is 2.81. The van der Waals surface area contributed by atoms with Crippen molar-refractivity contribution in [1.29, 1.82) is 0 Å². The van der Waals surface area contributed by atoms with Crippen LogP contribution in [0, 0.1) is 5.41 Å². The van der Waals surface area contributed by atoms with E-state index in [1.165, 1.54) is 4.88 Å². The summed E-state index contributed by atoms with van der Waals surface area (Å²) in [6.07, 6.45) is 0. The van der Waals surface area contributed by atoms with E-state index >= 15 is 0 Å². The third-order valence-corrected chi connectivity index (χ3v) is 5.23. The Morgan fingerprint density at radius 3 is 2.53 bits per heavy atom. The number of nitrogens with zero attached hydrogens (tertiary/aromatic N) is 2. The normalized spacial score (nSPS) is 20.5. The maximum atomic E-state index is 4.41. The fraction of sp³-hybridized carbons (Fsp3) is 0.643. The molecule has 0 atom stereocenters. The van der Waals surface area contributed by atoms with Crippen LogP contribution in [-0.2, 0) is 6.54 Å². The molecule has 3 nitrogen and oxygen atoms in total. The summed E-state index contributed by atoms with van der Waals surface area (Å²) in [5, 5.41) is 5.56. The number of thiophene rings is 1. The summed E-state index contributed by atoms with van der Waals surface area (Å²) in [6, 6.07) is 4.23. The quantitative estimate of drug-likeness (QED) is 0.473. The zero-order valence-corrected chi connectivity index (χ0v) is 15.5. The maximum absolute atomic E-state index is 4.41. The molecule has 2 rings (SSSR count). The SMILES string of the molecule is CN=C(NCc1cccs1)N1CC(C)(C)C1(C)C.I. The minimum Gasteiger partial charge on any atom is -0.351 e. The van der Waals surface area contributed by atoms with E-state index in [4.69, 9.17) is 0 Å². The second-order valence-corrected chi connectivity index (χ2v) is 7.04. The highest BCUT2D eigenvalue weighted by atomic mass is 127. The minimum absolute atomic E-state index is 0. The molecule has 1 aliphatic rings. The van der Waals surface area contributed by atoms with Crippen LogP contribution in [0.4, 0.5) is 0 Å². The molecule has 0 saturated carbocycles. The monoisotopic (exact) mass is 393 g/mol. The largest absolute Gasteiger partial charge is 0.351 e. The minimum atomic E-state index is 0. The van der Waals surface area contributed by atoms with Crippen LogP contribution in [0.1, 0.15) is 32.6 Å². The van der Waals surface area contributed by atoms with E-state index in [0.717, 1.165) is 19.0 Å². The molecule has 0 unspecified atom stereocenters. The summed E-state index contributed by atoms with van der Waals surface area (Å²) in [7, 11) is 1.86. The summed E-state index contributed by atoms with van der Waals surface area (Å²) < 4.78 is 0. The number of halogens is 1. The van der Waals surface area contributed by atoms with Gasteiger partial charge >= 0.3 is 0 Å². The first-order valence-electron chi connectivity index (χ1n) is 6.39. The Morgan fingerprint density at radius 1 is 1.42 bits per heavy atom. The van der Waals surface area contributed by atoms with Gasteiger partial charge in [0.25, 0.3) is 0 Å². The number of hydrogen-bond donors (Lipinski definition) is 1. The van der Waals surface area contributed by atoms with E-state index in [0.29, 0.717) is 5.41 Å². The lowest BCUT2D eigenvalue weighted by Crippen LogP contribution is -2.72. The second kappa shape index (κ2) is 5.99. The van der Waals surface area contributed by atoms with Crippen molar-refractivity contribution in [2.24, 2.45) is 10.4 Å². The molecule has 0 amide bonds. The summed E-state index contributed by atoms with van der Waals surface area (Å²) in [5.41, 5.74) is 0.498. The lowest BCUT2D eigenvalue weighted by molar-refractivity contribution is -0.0667. The first-order chi connectivity index (χ1) is 8.38. The average molecular weight is 393 g/mol. The van der Waals surface area contributed by atoms with Crippen LogP contribution < -0.4 is 5.32 Å². The van der Waals surface area contributed by atoms with E-state index in [2.05, 4.69) is 60.4 Å². The molecule has 2 heterocycles. The van der Waals surface area contributed by atoms with E-state index in [9.17, 15) is 0 Å². The predicted molar refractivity (Wildman–Crippen MR) is 94.5 cm³/mol. The Labute approximate surface area is 137 Å². The molecule has 1 fully saturated rings. The Hall–Kier alpha value is -0.300. The standard InChI is InChI=1S/C14H23N3S.HI/c1-13(2)10-17(14(13,3)4)12(15-5)16-9-11-7-6-8-18-11;/h6-8H,9-10H2,1-5H3,(H,15,16);1H. The summed E-state index contributed by atoms with van der Waals surface area (Å²) in [5.74, 6) is 1.01. The number of hydrogen-bond acceptors (Lipinski definition) is 2. The van der Waals surface area contributed by atoms with E-state index in [-0.39, 0.29) is 29.5 Å². The summed E-state index contributed by atoms with van der Waals surface area (Å²) >= 11 is 1.78. The molecule has 1 aromatic heterocycles. The van der Waals surface area contributed by atoms with Crippen LogP contribution in [0.15, 0.2) is 22.5 Å². The highest BCUT2D eigenvalue weighted by Crippen LogP contribution is 2.46. The van der Waals surface area contributed by atoms with Gasteiger partial charge in [0.2, 0.25) is 0 Å².